The van der Waals surface area contributed by atoms with Gasteiger partial charge in [-0.3, -0.25) is 14.4 Å². The Balaban J connectivity index is 2.06. The summed E-state index contributed by atoms with van der Waals surface area (Å²) in [5.41, 5.74) is 1.06. The molecule has 0 aromatic heterocycles. The highest BCUT2D eigenvalue weighted by atomic mass is 16.5. The number of rotatable bonds is 9. The Hall–Kier alpha value is -4.51. The molecule has 6 N–H and O–H groups in total. The van der Waals surface area contributed by atoms with Gasteiger partial charge in [-0.05, 0) is 73.3 Å². The number of carbonyl (C=O) groups excluding carboxylic acids is 1. The zero-order valence-corrected chi connectivity index (χ0v) is 24.3. The Morgan fingerprint density at radius 2 is 1.44 bits per heavy atom. The molecule has 0 amide bonds. The van der Waals surface area contributed by atoms with E-state index in [1.165, 1.54) is 26.2 Å². The molecule has 0 bridgehead atoms. The van der Waals surface area contributed by atoms with Crippen LogP contribution in [0, 0.1) is 0 Å². The smallest absolute Gasteiger partial charge is 0.190 e. The largest absolute Gasteiger partial charge is 0.505 e. The number of allylic oxidation sites excluding steroid dienone is 1. The summed E-state index contributed by atoms with van der Waals surface area (Å²) < 4.78 is 5.71. The fraction of sp³-hybridized carbons (Fsp3) is 0.303. The Morgan fingerprint density at radius 3 is 1.98 bits per heavy atom. The highest BCUT2D eigenvalue weighted by Crippen LogP contribution is 2.56. The van der Waals surface area contributed by atoms with Crippen molar-refractivity contribution >= 4 is 60.6 Å². The molecule has 10 nitrogen and oxygen atoms in total. The maximum atomic E-state index is 13.7. The first kappa shape index (κ1) is 28.6. The molecule has 0 aliphatic heterocycles. The van der Waals surface area contributed by atoms with Crippen LogP contribution in [0.25, 0.3) is 49.2 Å². The molecule has 0 fully saturated rings. The summed E-state index contributed by atoms with van der Waals surface area (Å²) in [7, 11) is 3.17. The van der Waals surface area contributed by atoms with Gasteiger partial charge in [0.05, 0.1) is 42.7 Å². The summed E-state index contributed by atoms with van der Waals surface area (Å²) in [6.07, 6.45) is 2.48. The fourth-order valence-electron chi connectivity index (χ4n) is 7.08. The number of hydrogen-bond donors (Lipinski definition) is 6. The van der Waals surface area contributed by atoms with Gasteiger partial charge >= 0.3 is 0 Å². The number of ether oxygens (including phenoxy) is 1. The number of ketones is 1. The third kappa shape index (κ3) is 3.80. The second-order valence-corrected chi connectivity index (χ2v) is 11.1. The van der Waals surface area contributed by atoms with Gasteiger partial charge in [-0.15, -0.1) is 0 Å². The van der Waals surface area contributed by atoms with Gasteiger partial charge in [0.15, 0.2) is 28.1 Å². The van der Waals surface area contributed by atoms with Crippen LogP contribution in [0.15, 0.2) is 27.3 Å². The molecule has 0 radical (unpaired) electrons. The van der Waals surface area contributed by atoms with Crippen molar-refractivity contribution in [1.29, 1.82) is 0 Å². The van der Waals surface area contributed by atoms with Crippen molar-refractivity contribution in [1.82, 2.24) is 5.32 Å². The molecule has 1 aliphatic rings. The van der Waals surface area contributed by atoms with E-state index in [0.717, 1.165) is 0 Å². The molecule has 10 heteroatoms. The fourth-order valence-corrected chi connectivity index (χ4v) is 7.08. The lowest BCUT2D eigenvalue weighted by Crippen LogP contribution is -2.15. The molecule has 0 spiro atoms. The number of aliphatic hydroxyl groups is 2. The van der Waals surface area contributed by atoms with E-state index in [0.29, 0.717) is 63.1 Å². The van der Waals surface area contributed by atoms with E-state index in [4.69, 9.17) is 4.74 Å². The van der Waals surface area contributed by atoms with Gasteiger partial charge in [-0.2, -0.15) is 0 Å². The minimum absolute atomic E-state index is 0.00118. The molecule has 6 rings (SSSR count). The van der Waals surface area contributed by atoms with E-state index in [1.54, 1.807) is 13.0 Å². The molecule has 1 aliphatic carbocycles. The Labute approximate surface area is 245 Å². The summed E-state index contributed by atoms with van der Waals surface area (Å²) in [6.45, 7) is 3.24. The monoisotopic (exact) mass is 584 g/mol. The van der Waals surface area contributed by atoms with Crippen LogP contribution in [0.3, 0.4) is 0 Å². The number of carbonyl (C=O) groups is 1. The van der Waals surface area contributed by atoms with Crippen LogP contribution in [-0.4, -0.2) is 53.5 Å². The van der Waals surface area contributed by atoms with E-state index < -0.39 is 35.7 Å². The van der Waals surface area contributed by atoms with Crippen molar-refractivity contribution in [2.75, 3.05) is 32.6 Å². The summed E-state index contributed by atoms with van der Waals surface area (Å²) >= 11 is 0. The molecule has 0 saturated heterocycles. The number of methoxy groups -OCH3 is 1. The first-order valence-electron chi connectivity index (χ1n) is 14.1. The summed E-state index contributed by atoms with van der Waals surface area (Å²) in [5, 5.41) is 52.8. The van der Waals surface area contributed by atoms with Crippen molar-refractivity contribution in [3.63, 3.8) is 0 Å². The van der Waals surface area contributed by atoms with E-state index in [-0.39, 0.29) is 50.3 Å². The first-order valence-corrected chi connectivity index (χ1v) is 14.1. The van der Waals surface area contributed by atoms with Crippen LogP contribution in [0.4, 0.5) is 5.69 Å². The van der Waals surface area contributed by atoms with Crippen molar-refractivity contribution < 1.29 is 30.0 Å². The highest BCUT2D eigenvalue weighted by Gasteiger charge is 2.36. The van der Waals surface area contributed by atoms with Crippen molar-refractivity contribution in [3.8, 4) is 17.2 Å². The second kappa shape index (κ2) is 10.3. The number of Topliss-reactive ketones (excluding diaryl/α,β-unsaturated/α-hetero) is 1. The zero-order chi connectivity index (χ0) is 30.9. The average Bonchev–Trinajstić information content (AvgIpc) is 3.10. The molecule has 1 unspecified atom stereocenters. The van der Waals surface area contributed by atoms with Gasteiger partial charge in [-0.1, -0.05) is 11.6 Å². The van der Waals surface area contributed by atoms with Crippen molar-refractivity contribution in [2.24, 2.45) is 0 Å². The molecule has 222 valence electrons. The Morgan fingerprint density at radius 1 is 0.860 bits per heavy atom. The van der Waals surface area contributed by atoms with Crippen LogP contribution >= 0.6 is 0 Å². The third-order valence-electron chi connectivity index (χ3n) is 8.70. The molecular formula is C33H32N2O8. The lowest BCUT2D eigenvalue weighted by Gasteiger charge is -2.25. The average molecular weight is 585 g/mol. The zero-order valence-electron chi connectivity index (χ0n) is 24.3. The molecule has 43 heavy (non-hydrogen) atoms. The summed E-state index contributed by atoms with van der Waals surface area (Å²) in [4.78, 5) is 40.7. The lowest BCUT2D eigenvalue weighted by atomic mass is 9.79. The lowest BCUT2D eigenvalue weighted by molar-refractivity contribution is -0.117. The van der Waals surface area contributed by atoms with Gasteiger partial charge in [0.2, 0.25) is 0 Å². The number of nitrogens with one attached hydrogen (secondary N) is 2. The molecule has 0 saturated carbocycles. The number of benzene rings is 5. The highest BCUT2D eigenvalue weighted by molar-refractivity contribution is 6.39. The van der Waals surface area contributed by atoms with Gasteiger partial charge in [0.1, 0.15) is 5.78 Å². The van der Waals surface area contributed by atoms with Gasteiger partial charge in [0.25, 0.3) is 0 Å². The van der Waals surface area contributed by atoms with Crippen molar-refractivity contribution in [3.05, 3.63) is 60.4 Å². The number of phenols is 2. The third-order valence-corrected chi connectivity index (χ3v) is 8.70. The Kier molecular flexibility index (Phi) is 6.88. The molecule has 5 aromatic carbocycles. The van der Waals surface area contributed by atoms with Gasteiger partial charge in [0, 0.05) is 33.8 Å². The molecule has 5 aromatic rings. The predicted octanol–water partition coefficient (Wildman–Crippen LogP) is 3.41. The quantitative estimate of drug-likeness (QED) is 0.0654. The van der Waals surface area contributed by atoms with Gasteiger partial charge < -0.3 is 35.8 Å². The maximum Gasteiger partial charge on any atom is 0.190 e. The minimum Gasteiger partial charge on any atom is -0.505 e. The van der Waals surface area contributed by atoms with Crippen LogP contribution in [-0.2, 0) is 18.0 Å². The number of anilines is 1. The van der Waals surface area contributed by atoms with E-state index in [1.807, 2.05) is 7.05 Å². The number of aliphatic hydroxyl groups excluding tert-OH is 2. The Bertz CT molecular complexity index is 2140. The number of aromatic hydroxyl groups is 2. The van der Waals surface area contributed by atoms with E-state index in [2.05, 4.69) is 10.6 Å². The number of phenolic OH excluding ortho intramolecular Hbond substituents is 2. The summed E-state index contributed by atoms with van der Waals surface area (Å²) in [6, 6.07) is 2.46. The first-order chi connectivity index (χ1) is 20.6. The topological polar surface area (TPSA) is 165 Å². The summed E-state index contributed by atoms with van der Waals surface area (Å²) in [5.74, 6) is -1.92. The van der Waals surface area contributed by atoms with Crippen LogP contribution < -0.4 is 26.2 Å². The number of hydrogen-bond acceptors (Lipinski definition) is 10. The molecule has 0 heterocycles. The normalized spacial score (nSPS) is 14.7. The maximum absolute atomic E-state index is 13.7. The van der Waals surface area contributed by atoms with Crippen LogP contribution in [0.2, 0.25) is 0 Å². The number of fused-ring (bicyclic) bond motifs is 1. The minimum atomic E-state index is -0.906. The molecule has 1 atom stereocenters. The van der Waals surface area contributed by atoms with Crippen LogP contribution in [0.1, 0.15) is 48.4 Å². The standard InChI is InChI=1S/C33H32N2O8/c1-13-8-17-23-26-21(15(11-36)9-18(39)24(26)31(41)30(17)35-7-5-6-34-3)22-16(12-37)10-19(40)25-27(22)28(23)29(20(13)14(2)38)33(43-4)32(25)42/h8-10,20,34-37,41-42H,5-7,11-12H2,1-4H3. The SMILES string of the molecule is CNCCCNc1c(O)c2c(=O)cc(CO)c3c4c(CO)cc(=O)c5c(O)c(OC)c6c(c(c1C=C(C)C6C(C)=O)c23)c54. The second-order valence-electron chi connectivity index (χ2n) is 11.1. The van der Waals surface area contributed by atoms with E-state index in [9.17, 15) is 34.8 Å². The van der Waals surface area contributed by atoms with Crippen LogP contribution in [0.5, 0.6) is 17.2 Å². The predicted molar refractivity (Wildman–Crippen MR) is 167 cm³/mol. The van der Waals surface area contributed by atoms with E-state index >= 15 is 0 Å². The van der Waals surface area contributed by atoms with Crippen molar-refractivity contribution in [2.45, 2.75) is 39.4 Å². The molecular weight excluding hydrogens is 552 g/mol. The van der Waals surface area contributed by atoms with Gasteiger partial charge in [-0.25, -0.2) is 0 Å².